The third-order valence-electron chi connectivity index (χ3n) is 4.68. The Labute approximate surface area is 204 Å². The van der Waals surface area contributed by atoms with Crippen molar-refractivity contribution < 1.29 is 14.3 Å². The normalized spacial score (nSPS) is 14.5. The number of hydrogen-bond donors (Lipinski definition) is 1. The number of amides is 2. The average molecular weight is 498 g/mol. The van der Waals surface area contributed by atoms with Gasteiger partial charge in [-0.25, -0.2) is 4.99 Å². The van der Waals surface area contributed by atoms with Crippen molar-refractivity contribution in [2.45, 2.75) is 6.92 Å². The molecule has 0 spiro atoms. The second-order valence-corrected chi connectivity index (χ2v) is 9.43. The van der Waals surface area contributed by atoms with E-state index in [4.69, 9.17) is 16.3 Å². The van der Waals surface area contributed by atoms with E-state index in [1.165, 1.54) is 35.1 Å². The van der Waals surface area contributed by atoms with Gasteiger partial charge in [-0.2, -0.15) is 0 Å². The number of rotatable bonds is 6. The molecule has 0 saturated carbocycles. The summed E-state index contributed by atoms with van der Waals surface area (Å²) in [7, 11) is 1.53. The molecule has 4 rings (SSSR count). The highest BCUT2D eigenvalue weighted by Crippen LogP contribution is 2.34. The number of benzene rings is 2. The first-order chi connectivity index (χ1) is 15.9. The zero-order valence-corrected chi connectivity index (χ0v) is 20.3. The van der Waals surface area contributed by atoms with Crippen LogP contribution >= 0.6 is 34.7 Å². The van der Waals surface area contributed by atoms with Gasteiger partial charge in [0, 0.05) is 10.6 Å². The van der Waals surface area contributed by atoms with Crippen LogP contribution in [0.2, 0.25) is 5.02 Å². The van der Waals surface area contributed by atoms with Crippen molar-refractivity contribution in [1.82, 2.24) is 0 Å². The lowest BCUT2D eigenvalue weighted by Crippen LogP contribution is -2.31. The number of carbonyl (C=O) groups is 2. The molecule has 1 aliphatic heterocycles. The van der Waals surface area contributed by atoms with E-state index < -0.39 is 0 Å². The number of anilines is 2. The molecule has 0 radical (unpaired) electrons. The van der Waals surface area contributed by atoms with Crippen molar-refractivity contribution in [3.63, 3.8) is 0 Å². The van der Waals surface area contributed by atoms with Crippen molar-refractivity contribution in [2.75, 3.05) is 23.1 Å². The van der Waals surface area contributed by atoms with Crippen LogP contribution in [-0.2, 0) is 9.59 Å². The Kier molecular flexibility index (Phi) is 7.17. The van der Waals surface area contributed by atoms with Crippen molar-refractivity contribution in [3.05, 3.63) is 81.1 Å². The van der Waals surface area contributed by atoms with Crippen LogP contribution in [0.5, 0.6) is 5.75 Å². The molecular formula is C24H20ClN3O3S2. The molecule has 9 heteroatoms. The number of methoxy groups -OCH3 is 1. The number of ether oxygens (including phenoxy) is 1. The second-order valence-electron chi connectivity index (χ2n) is 7.11. The summed E-state index contributed by atoms with van der Waals surface area (Å²) in [4.78, 5) is 32.7. The summed E-state index contributed by atoms with van der Waals surface area (Å²) in [5, 5.41) is 5.59. The molecule has 0 saturated heterocycles. The quantitative estimate of drug-likeness (QED) is 0.435. The lowest BCUT2D eigenvalue weighted by Gasteiger charge is -2.18. The van der Waals surface area contributed by atoms with Crippen molar-refractivity contribution in [3.8, 4) is 5.75 Å². The first-order valence-electron chi connectivity index (χ1n) is 9.96. The van der Waals surface area contributed by atoms with E-state index >= 15 is 0 Å². The fourth-order valence-corrected chi connectivity index (χ4v) is 4.89. The number of amidine groups is 1. The maximum Gasteiger partial charge on any atom is 0.283 e. The van der Waals surface area contributed by atoms with E-state index in [0.717, 1.165) is 16.1 Å². The summed E-state index contributed by atoms with van der Waals surface area (Å²) >= 11 is 9.00. The smallest absolute Gasteiger partial charge is 0.283 e. The molecule has 6 nitrogen and oxygen atoms in total. The van der Waals surface area contributed by atoms with E-state index in [-0.39, 0.29) is 17.6 Å². The number of aryl methyl sites for hydroxylation is 1. The predicted octanol–water partition coefficient (Wildman–Crippen LogP) is 5.83. The highest BCUT2D eigenvalue weighted by molar-refractivity contribution is 8.14. The molecule has 3 aromatic rings. The highest BCUT2D eigenvalue weighted by atomic mass is 35.5. The van der Waals surface area contributed by atoms with Gasteiger partial charge in [0.05, 0.1) is 23.6 Å². The minimum absolute atomic E-state index is 0.0900. The summed E-state index contributed by atoms with van der Waals surface area (Å²) in [6.45, 7) is 1.96. The fourth-order valence-electron chi connectivity index (χ4n) is 3.17. The van der Waals surface area contributed by atoms with Crippen molar-refractivity contribution in [1.29, 1.82) is 0 Å². The summed E-state index contributed by atoms with van der Waals surface area (Å²) in [5.74, 6) is 0.118. The molecule has 168 valence electrons. The Hall–Kier alpha value is -3.07. The third-order valence-corrected chi connectivity index (χ3v) is 6.73. The number of carbonyl (C=O) groups excluding carboxylic acids is 2. The summed E-state index contributed by atoms with van der Waals surface area (Å²) in [6, 6.07) is 16.5. The van der Waals surface area contributed by atoms with Crippen LogP contribution in [0.1, 0.15) is 10.4 Å². The Morgan fingerprint density at radius 1 is 1.24 bits per heavy atom. The van der Waals surface area contributed by atoms with E-state index in [1.54, 1.807) is 24.3 Å². The van der Waals surface area contributed by atoms with E-state index in [1.807, 2.05) is 48.7 Å². The molecule has 1 N–H and O–H groups in total. The molecule has 0 aliphatic carbocycles. The number of thiophene rings is 1. The average Bonchev–Trinajstić information content (AvgIpc) is 3.40. The van der Waals surface area contributed by atoms with E-state index in [9.17, 15) is 9.59 Å². The molecule has 0 unspecified atom stereocenters. The van der Waals surface area contributed by atoms with Crippen molar-refractivity contribution in [2.24, 2.45) is 4.99 Å². The summed E-state index contributed by atoms with van der Waals surface area (Å²) in [6.07, 6.45) is 1.74. The summed E-state index contributed by atoms with van der Waals surface area (Å²) in [5.41, 5.74) is 2.62. The Morgan fingerprint density at radius 3 is 2.79 bits per heavy atom. The van der Waals surface area contributed by atoms with Gasteiger partial charge in [0.2, 0.25) is 5.91 Å². The Morgan fingerprint density at radius 2 is 2.09 bits per heavy atom. The van der Waals surface area contributed by atoms with Crippen molar-refractivity contribution >= 4 is 69.1 Å². The number of aliphatic imine (C=N–C) groups is 1. The number of thioether (sulfide) groups is 1. The number of nitrogens with zero attached hydrogens (tertiary/aromatic N) is 2. The zero-order chi connectivity index (χ0) is 23.4. The van der Waals surface area contributed by atoms with Gasteiger partial charge in [0.15, 0.2) is 5.17 Å². The van der Waals surface area contributed by atoms with Crippen LogP contribution in [0.15, 0.2) is 70.7 Å². The molecule has 2 heterocycles. The Bertz CT molecular complexity index is 1260. The SMILES string of the molecule is COc1ccc(N2C(=O)C(=Cc3cccs3)N=C2SCC(=O)Nc2cccc(C)c2)cc1Cl. The first kappa shape index (κ1) is 23.1. The Balaban J connectivity index is 1.57. The highest BCUT2D eigenvalue weighted by Gasteiger charge is 2.33. The third kappa shape index (κ3) is 5.47. The molecule has 1 aromatic heterocycles. The molecule has 33 heavy (non-hydrogen) atoms. The van der Waals surface area contributed by atoms with E-state index in [2.05, 4.69) is 10.3 Å². The van der Waals surface area contributed by atoms with Crippen LogP contribution in [0.4, 0.5) is 11.4 Å². The van der Waals surface area contributed by atoms with Gasteiger partial charge in [-0.05, 0) is 60.3 Å². The molecule has 0 atom stereocenters. The first-order valence-corrected chi connectivity index (χ1v) is 12.2. The lowest BCUT2D eigenvalue weighted by molar-refractivity contribution is -0.114. The zero-order valence-electron chi connectivity index (χ0n) is 17.9. The fraction of sp³-hybridized carbons (Fsp3) is 0.125. The number of nitrogens with one attached hydrogen (secondary N) is 1. The van der Waals surface area contributed by atoms with Crippen LogP contribution in [0.25, 0.3) is 6.08 Å². The van der Waals surface area contributed by atoms with Gasteiger partial charge in [0.25, 0.3) is 5.91 Å². The minimum Gasteiger partial charge on any atom is -0.495 e. The minimum atomic E-state index is -0.286. The maximum atomic E-state index is 13.2. The lowest BCUT2D eigenvalue weighted by atomic mass is 10.2. The second kappa shape index (κ2) is 10.2. The molecular weight excluding hydrogens is 478 g/mol. The molecule has 1 aliphatic rings. The number of hydrogen-bond acceptors (Lipinski definition) is 6. The van der Waals surface area contributed by atoms with Gasteiger partial charge in [-0.1, -0.05) is 41.6 Å². The molecule has 2 amide bonds. The molecule has 0 bridgehead atoms. The summed E-state index contributed by atoms with van der Waals surface area (Å²) < 4.78 is 5.22. The van der Waals surface area contributed by atoms with Crippen LogP contribution in [0, 0.1) is 6.92 Å². The van der Waals surface area contributed by atoms with Gasteiger partial charge < -0.3 is 10.1 Å². The predicted molar refractivity (Wildman–Crippen MR) is 137 cm³/mol. The largest absolute Gasteiger partial charge is 0.495 e. The molecule has 2 aromatic carbocycles. The van der Waals surface area contributed by atoms with Crippen LogP contribution in [-0.4, -0.2) is 29.8 Å². The van der Waals surface area contributed by atoms with E-state index in [0.29, 0.717) is 27.3 Å². The number of halogens is 1. The maximum absolute atomic E-state index is 13.2. The van der Waals surface area contributed by atoms with Gasteiger partial charge >= 0.3 is 0 Å². The van der Waals surface area contributed by atoms with Crippen LogP contribution in [0.3, 0.4) is 0 Å². The van der Waals surface area contributed by atoms with Gasteiger partial charge in [-0.15, -0.1) is 11.3 Å². The van der Waals surface area contributed by atoms with Gasteiger partial charge in [-0.3, -0.25) is 14.5 Å². The monoisotopic (exact) mass is 497 g/mol. The molecule has 0 fully saturated rings. The standard InChI is InChI=1S/C24H20ClN3O3S2/c1-15-5-3-6-16(11-15)26-22(29)14-33-24-27-20(13-18-7-4-10-32-18)23(30)28(24)17-8-9-21(31-2)19(25)12-17/h3-13H,14H2,1-2H3,(H,26,29). The van der Waals surface area contributed by atoms with Crippen LogP contribution < -0.4 is 15.0 Å². The topological polar surface area (TPSA) is 71.0 Å². The van der Waals surface area contributed by atoms with Gasteiger partial charge in [0.1, 0.15) is 11.4 Å².